The molecule has 0 fully saturated rings. The van der Waals surface area contributed by atoms with E-state index in [0.29, 0.717) is 0 Å². The Labute approximate surface area is 109 Å². The third-order valence-electron chi connectivity index (χ3n) is 2.62. The fraction of sp³-hybridized carbons (Fsp3) is 0.615. The highest BCUT2D eigenvalue weighted by atomic mass is 32.2. The molecule has 1 aromatic rings. The van der Waals surface area contributed by atoms with Crippen molar-refractivity contribution in [3.05, 3.63) is 17.8 Å². The van der Waals surface area contributed by atoms with Crippen molar-refractivity contribution in [1.29, 1.82) is 0 Å². The molecule has 0 amide bonds. The van der Waals surface area contributed by atoms with Crippen molar-refractivity contribution in [3.63, 3.8) is 0 Å². The van der Waals surface area contributed by atoms with Crippen LogP contribution in [0.15, 0.2) is 12.3 Å². The van der Waals surface area contributed by atoms with Gasteiger partial charge in [0.05, 0.1) is 5.69 Å². The van der Waals surface area contributed by atoms with Crippen LogP contribution in [0.25, 0.3) is 0 Å². The number of aryl methyl sites for hydroxylation is 1. The molecule has 1 rings (SSSR count). The fourth-order valence-corrected chi connectivity index (χ4v) is 2.16. The molecule has 0 spiro atoms. The molecule has 0 radical (unpaired) electrons. The van der Waals surface area contributed by atoms with Crippen molar-refractivity contribution in [2.45, 2.75) is 32.6 Å². The minimum atomic E-state index is 0.743. The number of anilines is 2. The summed E-state index contributed by atoms with van der Waals surface area (Å²) in [6.07, 6.45) is 9.11. The molecule has 0 bridgehead atoms. The Morgan fingerprint density at radius 2 is 2.06 bits per heavy atom. The van der Waals surface area contributed by atoms with E-state index in [1.54, 1.807) is 0 Å². The maximum Gasteiger partial charge on any atom is 0.149 e. The summed E-state index contributed by atoms with van der Waals surface area (Å²) in [6, 6.07) is 1.95. The van der Waals surface area contributed by atoms with Crippen LogP contribution in [0.3, 0.4) is 0 Å². The zero-order valence-corrected chi connectivity index (χ0v) is 11.6. The Kier molecular flexibility index (Phi) is 6.86. The van der Waals surface area contributed by atoms with Crippen LogP contribution in [0.4, 0.5) is 11.5 Å². The van der Waals surface area contributed by atoms with Gasteiger partial charge < -0.3 is 11.1 Å². The van der Waals surface area contributed by atoms with Crippen LogP contribution in [0, 0.1) is 6.92 Å². The van der Waals surface area contributed by atoms with Crippen molar-refractivity contribution < 1.29 is 0 Å². The molecule has 4 heteroatoms. The van der Waals surface area contributed by atoms with Gasteiger partial charge in [0.2, 0.25) is 0 Å². The number of pyridine rings is 1. The molecule has 17 heavy (non-hydrogen) atoms. The van der Waals surface area contributed by atoms with E-state index in [4.69, 9.17) is 5.73 Å². The molecule has 1 aromatic heterocycles. The first-order valence-corrected chi connectivity index (χ1v) is 7.58. The number of aromatic nitrogens is 1. The summed E-state index contributed by atoms with van der Waals surface area (Å²) in [5.74, 6) is 2.10. The molecular weight excluding hydrogens is 230 g/mol. The van der Waals surface area contributed by atoms with Crippen LogP contribution in [-0.2, 0) is 0 Å². The van der Waals surface area contributed by atoms with E-state index in [-0.39, 0.29) is 0 Å². The van der Waals surface area contributed by atoms with Crippen molar-refractivity contribution in [2.75, 3.05) is 29.6 Å². The number of rotatable bonds is 8. The third-order valence-corrected chi connectivity index (χ3v) is 3.32. The number of nitrogens with two attached hydrogens (primary N) is 1. The fourth-order valence-electron chi connectivity index (χ4n) is 1.67. The lowest BCUT2D eigenvalue weighted by Gasteiger charge is -2.08. The van der Waals surface area contributed by atoms with Crippen molar-refractivity contribution in [3.8, 4) is 0 Å². The van der Waals surface area contributed by atoms with Gasteiger partial charge in [-0.3, -0.25) is 0 Å². The Morgan fingerprint density at radius 1 is 1.29 bits per heavy atom. The lowest BCUT2D eigenvalue weighted by atomic mass is 10.2. The quantitative estimate of drug-likeness (QED) is 0.698. The number of hydrogen-bond acceptors (Lipinski definition) is 4. The van der Waals surface area contributed by atoms with Gasteiger partial charge in [0.15, 0.2) is 0 Å². The van der Waals surface area contributed by atoms with Gasteiger partial charge in [-0.1, -0.05) is 12.8 Å². The minimum absolute atomic E-state index is 0.743. The van der Waals surface area contributed by atoms with Gasteiger partial charge in [0.1, 0.15) is 5.82 Å². The second-order valence-corrected chi connectivity index (χ2v) is 5.27. The molecule has 0 saturated carbocycles. The largest absolute Gasteiger partial charge is 0.396 e. The van der Waals surface area contributed by atoms with E-state index >= 15 is 0 Å². The van der Waals surface area contributed by atoms with Gasteiger partial charge in [0.25, 0.3) is 0 Å². The van der Waals surface area contributed by atoms with Crippen LogP contribution >= 0.6 is 11.8 Å². The van der Waals surface area contributed by atoms with Gasteiger partial charge in [-0.2, -0.15) is 11.8 Å². The van der Waals surface area contributed by atoms with E-state index in [0.717, 1.165) is 23.6 Å². The van der Waals surface area contributed by atoms with Crippen molar-refractivity contribution in [2.24, 2.45) is 0 Å². The summed E-state index contributed by atoms with van der Waals surface area (Å²) in [4.78, 5) is 4.29. The predicted octanol–water partition coefficient (Wildman–Crippen LogP) is 3.31. The maximum atomic E-state index is 5.87. The first-order valence-electron chi connectivity index (χ1n) is 6.19. The van der Waals surface area contributed by atoms with Crippen LogP contribution in [0.1, 0.15) is 31.2 Å². The Hall–Kier alpha value is -0.900. The zero-order chi connectivity index (χ0) is 12.5. The van der Waals surface area contributed by atoms with E-state index < -0.39 is 0 Å². The standard InChI is InChI=1S/C13H23N3S/c1-11-9-12(14)13(16-10-11)15-7-5-3-4-6-8-17-2/h9-10H,3-8,14H2,1-2H3,(H,15,16). The first kappa shape index (κ1) is 14.2. The molecule has 0 aliphatic carbocycles. The Morgan fingerprint density at radius 3 is 2.76 bits per heavy atom. The first-order chi connectivity index (χ1) is 8.24. The minimum Gasteiger partial charge on any atom is -0.396 e. The summed E-state index contributed by atoms with van der Waals surface area (Å²) in [6.45, 7) is 2.96. The summed E-state index contributed by atoms with van der Waals surface area (Å²) in [5.41, 5.74) is 7.72. The van der Waals surface area contributed by atoms with Gasteiger partial charge in [0, 0.05) is 12.7 Å². The van der Waals surface area contributed by atoms with Crippen LogP contribution in [0.5, 0.6) is 0 Å². The Bertz CT molecular complexity index is 328. The molecule has 3 nitrogen and oxygen atoms in total. The molecule has 0 unspecified atom stereocenters. The molecule has 0 aliphatic heterocycles. The van der Waals surface area contributed by atoms with E-state index in [2.05, 4.69) is 16.6 Å². The number of thioether (sulfide) groups is 1. The van der Waals surface area contributed by atoms with Gasteiger partial charge in [-0.15, -0.1) is 0 Å². The van der Waals surface area contributed by atoms with Crippen molar-refractivity contribution >= 4 is 23.3 Å². The lowest BCUT2D eigenvalue weighted by Crippen LogP contribution is -2.06. The number of nitrogens with zero attached hydrogens (tertiary/aromatic N) is 1. The molecule has 0 aromatic carbocycles. The predicted molar refractivity (Wildman–Crippen MR) is 78.7 cm³/mol. The van der Waals surface area contributed by atoms with Gasteiger partial charge in [-0.25, -0.2) is 4.98 Å². The van der Waals surface area contributed by atoms with Crippen LogP contribution < -0.4 is 11.1 Å². The topological polar surface area (TPSA) is 50.9 Å². The second kappa shape index (κ2) is 8.23. The molecule has 0 saturated heterocycles. The molecule has 0 atom stereocenters. The second-order valence-electron chi connectivity index (χ2n) is 4.28. The highest BCUT2D eigenvalue weighted by molar-refractivity contribution is 7.98. The van der Waals surface area contributed by atoms with E-state index in [1.165, 1.54) is 31.4 Å². The van der Waals surface area contributed by atoms with Crippen LogP contribution in [0.2, 0.25) is 0 Å². The van der Waals surface area contributed by atoms with Gasteiger partial charge in [-0.05, 0) is 43.4 Å². The molecule has 1 heterocycles. The maximum absolute atomic E-state index is 5.87. The summed E-state index contributed by atoms with van der Waals surface area (Å²) >= 11 is 1.92. The van der Waals surface area contributed by atoms with E-state index in [9.17, 15) is 0 Å². The van der Waals surface area contributed by atoms with Crippen LogP contribution in [-0.4, -0.2) is 23.5 Å². The highest BCUT2D eigenvalue weighted by Gasteiger charge is 1.99. The lowest BCUT2D eigenvalue weighted by molar-refractivity contribution is 0.688. The Balaban J connectivity index is 2.14. The number of nitrogens with one attached hydrogen (secondary N) is 1. The average Bonchev–Trinajstić information content (AvgIpc) is 2.30. The SMILES string of the molecule is CSCCCCCCNc1ncc(C)cc1N. The normalized spacial score (nSPS) is 10.5. The molecular formula is C13H23N3S. The molecule has 96 valence electrons. The zero-order valence-electron chi connectivity index (χ0n) is 10.8. The monoisotopic (exact) mass is 253 g/mol. The smallest absolute Gasteiger partial charge is 0.149 e. The molecule has 3 N–H and O–H groups in total. The van der Waals surface area contributed by atoms with Gasteiger partial charge >= 0.3 is 0 Å². The number of unbranched alkanes of at least 4 members (excludes halogenated alkanes) is 3. The number of hydrogen-bond donors (Lipinski definition) is 2. The third kappa shape index (κ3) is 5.82. The summed E-state index contributed by atoms with van der Waals surface area (Å²) < 4.78 is 0. The average molecular weight is 253 g/mol. The summed E-state index contributed by atoms with van der Waals surface area (Å²) in [7, 11) is 0. The summed E-state index contributed by atoms with van der Waals surface area (Å²) in [5, 5.41) is 3.29. The molecule has 0 aliphatic rings. The van der Waals surface area contributed by atoms with Crippen molar-refractivity contribution in [1.82, 2.24) is 4.98 Å². The number of nitrogen functional groups attached to an aromatic ring is 1. The highest BCUT2D eigenvalue weighted by Crippen LogP contribution is 2.15. The van der Waals surface area contributed by atoms with E-state index in [1.807, 2.05) is 30.9 Å².